The van der Waals surface area contributed by atoms with Gasteiger partial charge in [-0.1, -0.05) is 18.5 Å². The van der Waals surface area contributed by atoms with Crippen LogP contribution in [-0.2, 0) is 0 Å². The van der Waals surface area contributed by atoms with Crippen molar-refractivity contribution in [2.45, 2.75) is 32.7 Å². The lowest BCUT2D eigenvalue weighted by molar-refractivity contribution is 0.365. The fourth-order valence-electron chi connectivity index (χ4n) is 4.13. The van der Waals surface area contributed by atoms with Gasteiger partial charge in [-0.15, -0.1) is 15.3 Å². The van der Waals surface area contributed by atoms with Gasteiger partial charge in [0.25, 0.3) is 0 Å². The van der Waals surface area contributed by atoms with Crippen LogP contribution in [0.5, 0.6) is 0 Å². The number of piperidine rings is 1. The molecule has 2 atom stereocenters. The fourth-order valence-corrected chi connectivity index (χ4v) is 4.28. The second kappa shape index (κ2) is 9.14. The van der Waals surface area contributed by atoms with Crippen LogP contribution in [-0.4, -0.2) is 53.9 Å². The first kappa shape index (κ1) is 21.3. The lowest BCUT2D eigenvalue weighted by Gasteiger charge is -2.39. The Morgan fingerprint density at radius 1 is 1.18 bits per heavy atom. The molecule has 2 N–H and O–H groups in total. The predicted octanol–water partition coefficient (Wildman–Crippen LogP) is 3.73. The summed E-state index contributed by atoms with van der Waals surface area (Å²) in [4.78, 5) is 11.3. The van der Waals surface area contributed by atoms with Crippen LogP contribution < -0.4 is 15.5 Å². The summed E-state index contributed by atoms with van der Waals surface area (Å²) in [6.45, 7) is 5.94. The Morgan fingerprint density at radius 3 is 2.91 bits per heavy atom. The molecule has 0 saturated carbocycles. The summed E-state index contributed by atoms with van der Waals surface area (Å²) in [6, 6.07) is 8.09. The Bertz CT molecular complexity index is 1240. The first-order valence-electron chi connectivity index (χ1n) is 11.0. The number of anilines is 4. The number of fused-ring (bicyclic) bond motifs is 1. The number of hydrogen-bond donors (Lipinski definition) is 2. The van der Waals surface area contributed by atoms with E-state index < -0.39 is 0 Å². The molecule has 0 aromatic carbocycles. The Labute approximate surface area is 196 Å². The SMILES string of the molecule is CCC1CN(c2ccc(C)nn2)CCC1Nc1nc(Nc2ccn3cnnc3c2)ncc1Cl. The van der Waals surface area contributed by atoms with E-state index in [9.17, 15) is 0 Å². The maximum absolute atomic E-state index is 6.45. The summed E-state index contributed by atoms with van der Waals surface area (Å²) in [5.74, 6) is 2.43. The highest BCUT2D eigenvalue weighted by Gasteiger charge is 2.29. The van der Waals surface area contributed by atoms with Crippen LogP contribution >= 0.6 is 11.6 Å². The molecular weight excluding hydrogens is 440 g/mol. The van der Waals surface area contributed by atoms with E-state index in [-0.39, 0.29) is 6.04 Å². The van der Waals surface area contributed by atoms with Crippen molar-refractivity contribution in [2.75, 3.05) is 28.6 Å². The molecule has 1 aliphatic heterocycles. The number of hydrogen-bond acceptors (Lipinski definition) is 9. The van der Waals surface area contributed by atoms with Crippen molar-refractivity contribution in [2.24, 2.45) is 5.92 Å². The van der Waals surface area contributed by atoms with Crippen LogP contribution in [0, 0.1) is 12.8 Å². The van der Waals surface area contributed by atoms with Gasteiger partial charge in [-0.05, 0) is 43.9 Å². The molecule has 0 radical (unpaired) electrons. The van der Waals surface area contributed by atoms with Gasteiger partial charge < -0.3 is 15.5 Å². The second-order valence-electron chi connectivity index (χ2n) is 8.21. The minimum absolute atomic E-state index is 0.247. The van der Waals surface area contributed by atoms with E-state index in [0.717, 1.165) is 48.8 Å². The summed E-state index contributed by atoms with van der Waals surface area (Å²) < 4.78 is 1.83. The molecule has 0 spiro atoms. The van der Waals surface area contributed by atoms with Crippen molar-refractivity contribution in [3.8, 4) is 0 Å². The van der Waals surface area contributed by atoms with Gasteiger partial charge in [0.1, 0.15) is 11.3 Å². The summed E-state index contributed by atoms with van der Waals surface area (Å²) in [7, 11) is 0. The molecule has 1 saturated heterocycles. The average molecular weight is 465 g/mol. The highest BCUT2D eigenvalue weighted by atomic mass is 35.5. The first-order chi connectivity index (χ1) is 16.1. The maximum Gasteiger partial charge on any atom is 0.229 e. The number of halogens is 1. The van der Waals surface area contributed by atoms with Crippen molar-refractivity contribution in [1.82, 2.24) is 34.8 Å². The molecule has 10 nitrogen and oxygen atoms in total. The van der Waals surface area contributed by atoms with E-state index in [1.165, 1.54) is 0 Å². The van der Waals surface area contributed by atoms with Gasteiger partial charge >= 0.3 is 0 Å². The molecule has 0 aliphatic carbocycles. The van der Waals surface area contributed by atoms with Gasteiger partial charge in [-0.2, -0.15) is 10.1 Å². The fraction of sp³-hybridized carbons (Fsp3) is 0.364. The third kappa shape index (κ3) is 4.65. The van der Waals surface area contributed by atoms with Crippen molar-refractivity contribution in [3.05, 3.63) is 53.7 Å². The van der Waals surface area contributed by atoms with Crippen molar-refractivity contribution < 1.29 is 0 Å². The number of nitrogens with zero attached hydrogens (tertiary/aromatic N) is 8. The Balaban J connectivity index is 1.29. The molecule has 4 aromatic rings. The van der Waals surface area contributed by atoms with Crippen LogP contribution in [0.3, 0.4) is 0 Å². The van der Waals surface area contributed by atoms with E-state index >= 15 is 0 Å². The normalized spacial score (nSPS) is 18.5. The van der Waals surface area contributed by atoms with Crippen LogP contribution in [0.15, 0.2) is 43.0 Å². The summed E-state index contributed by atoms with van der Waals surface area (Å²) >= 11 is 6.45. The second-order valence-corrected chi connectivity index (χ2v) is 8.62. The van der Waals surface area contributed by atoms with Gasteiger partial charge in [0.15, 0.2) is 17.3 Å². The van der Waals surface area contributed by atoms with E-state index in [1.54, 1.807) is 12.5 Å². The number of rotatable bonds is 6. The molecule has 33 heavy (non-hydrogen) atoms. The summed E-state index contributed by atoms with van der Waals surface area (Å²) in [6.07, 6.45) is 7.12. The molecule has 5 rings (SSSR count). The van der Waals surface area contributed by atoms with Crippen LogP contribution in [0.4, 0.5) is 23.3 Å². The maximum atomic E-state index is 6.45. The quantitative estimate of drug-likeness (QED) is 0.441. The monoisotopic (exact) mass is 464 g/mol. The molecule has 1 fully saturated rings. The van der Waals surface area contributed by atoms with Crippen LogP contribution in [0.25, 0.3) is 5.65 Å². The molecule has 2 unspecified atom stereocenters. The molecule has 5 heterocycles. The third-order valence-corrected chi connectivity index (χ3v) is 6.27. The van der Waals surface area contributed by atoms with E-state index in [1.807, 2.05) is 41.8 Å². The zero-order valence-corrected chi connectivity index (χ0v) is 19.2. The third-order valence-electron chi connectivity index (χ3n) is 5.99. The number of nitrogens with one attached hydrogen (secondary N) is 2. The number of aromatic nitrogens is 7. The largest absolute Gasteiger partial charge is 0.366 e. The van der Waals surface area contributed by atoms with Crippen molar-refractivity contribution in [1.29, 1.82) is 0 Å². The smallest absolute Gasteiger partial charge is 0.229 e. The zero-order chi connectivity index (χ0) is 22.8. The lowest BCUT2D eigenvalue weighted by atomic mass is 9.90. The van der Waals surface area contributed by atoms with Gasteiger partial charge in [0.2, 0.25) is 5.95 Å². The van der Waals surface area contributed by atoms with Gasteiger partial charge in [-0.25, -0.2) is 4.98 Å². The average Bonchev–Trinajstić information content (AvgIpc) is 3.30. The van der Waals surface area contributed by atoms with Crippen molar-refractivity contribution in [3.63, 3.8) is 0 Å². The Morgan fingerprint density at radius 2 is 2.09 bits per heavy atom. The lowest BCUT2D eigenvalue weighted by Crippen LogP contribution is -2.46. The highest BCUT2D eigenvalue weighted by Crippen LogP contribution is 2.29. The van der Waals surface area contributed by atoms with Crippen LogP contribution in [0.1, 0.15) is 25.5 Å². The minimum atomic E-state index is 0.247. The zero-order valence-electron chi connectivity index (χ0n) is 18.5. The summed E-state index contributed by atoms with van der Waals surface area (Å²) in [5.41, 5.74) is 2.48. The first-order valence-corrected chi connectivity index (χ1v) is 11.4. The topological polar surface area (TPSA) is 109 Å². The number of aryl methyl sites for hydroxylation is 1. The van der Waals surface area contributed by atoms with Gasteiger partial charge in [0.05, 0.1) is 11.9 Å². The molecular formula is C22H25ClN10. The molecule has 11 heteroatoms. The van der Waals surface area contributed by atoms with Crippen LogP contribution in [0.2, 0.25) is 5.02 Å². The highest BCUT2D eigenvalue weighted by molar-refractivity contribution is 6.32. The standard InChI is InChI=1S/C22H25ClN10/c1-3-15-12-32(19-5-4-14(2)29-31-19)9-7-18(15)27-21-17(23)11-24-22(28-21)26-16-6-8-33-13-25-30-20(33)10-16/h4-6,8,10-11,13,15,18H,3,7,9,12H2,1-2H3,(H2,24,26,27,28). The molecule has 0 bridgehead atoms. The molecule has 4 aromatic heterocycles. The Hall–Kier alpha value is -3.53. The van der Waals surface area contributed by atoms with E-state index in [2.05, 4.69) is 52.8 Å². The van der Waals surface area contributed by atoms with Gasteiger partial charge in [-0.3, -0.25) is 4.40 Å². The predicted molar refractivity (Wildman–Crippen MR) is 128 cm³/mol. The van der Waals surface area contributed by atoms with E-state index in [4.69, 9.17) is 11.6 Å². The Kier molecular flexibility index (Phi) is 5.91. The number of pyridine rings is 1. The summed E-state index contributed by atoms with van der Waals surface area (Å²) in [5, 5.41) is 23.8. The molecule has 0 amide bonds. The van der Waals surface area contributed by atoms with Crippen molar-refractivity contribution >= 4 is 40.5 Å². The molecule has 170 valence electrons. The van der Waals surface area contributed by atoms with E-state index in [0.29, 0.717) is 22.7 Å². The minimum Gasteiger partial charge on any atom is -0.366 e. The molecule has 1 aliphatic rings. The van der Waals surface area contributed by atoms with Gasteiger partial charge in [0, 0.05) is 37.1 Å².